The minimum absolute atomic E-state index is 0.0106. The van der Waals surface area contributed by atoms with Crippen LogP contribution >= 0.6 is 0 Å². The number of fused-ring (bicyclic) bond motifs is 1. The lowest BCUT2D eigenvalue weighted by Gasteiger charge is -2.47. The molecule has 1 aliphatic heterocycles. The average Bonchev–Trinajstić information content (AvgIpc) is 2.57. The fourth-order valence-electron chi connectivity index (χ4n) is 4.78. The Morgan fingerprint density at radius 2 is 1.55 bits per heavy atom. The first-order valence-corrected chi connectivity index (χ1v) is 8.53. The highest BCUT2D eigenvalue weighted by Gasteiger charge is 2.41. The van der Waals surface area contributed by atoms with Crippen LogP contribution < -0.4 is 5.32 Å². The number of hydrogen-bond donors (Lipinski definition) is 3. The monoisotopic (exact) mass is 306 g/mol. The van der Waals surface area contributed by atoms with Crippen molar-refractivity contribution in [3.8, 4) is 11.8 Å². The summed E-state index contributed by atoms with van der Waals surface area (Å²) in [4.78, 5) is 0. The predicted octanol–water partition coefficient (Wildman–Crippen LogP) is 3.51. The van der Waals surface area contributed by atoms with E-state index in [9.17, 15) is 10.2 Å². The van der Waals surface area contributed by atoms with Crippen molar-refractivity contribution in [2.75, 3.05) is 0 Å². The van der Waals surface area contributed by atoms with Gasteiger partial charge in [-0.2, -0.15) is 0 Å². The van der Waals surface area contributed by atoms with Crippen LogP contribution in [-0.2, 0) is 12.8 Å². The third-order valence-corrected chi connectivity index (χ3v) is 5.33. The lowest BCUT2D eigenvalue weighted by molar-refractivity contribution is 0.123. The van der Waals surface area contributed by atoms with Crippen LogP contribution in [0, 0.1) is 5.92 Å². The molecule has 22 heavy (non-hydrogen) atoms. The van der Waals surface area contributed by atoms with Gasteiger partial charge in [-0.15, -0.1) is 0 Å². The van der Waals surface area contributed by atoms with Crippen LogP contribution in [-0.4, -0.2) is 25.9 Å². The van der Waals surface area contributed by atoms with Gasteiger partial charge in [-0.3, -0.25) is 4.57 Å². The first-order valence-electron chi connectivity index (χ1n) is 8.53. The van der Waals surface area contributed by atoms with Gasteiger partial charge in [0, 0.05) is 28.2 Å². The van der Waals surface area contributed by atoms with Gasteiger partial charge in [0.2, 0.25) is 0 Å². The molecule has 0 bridgehead atoms. The van der Waals surface area contributed by atoms with Gasteiger partial charge in [-0.1, -0.05) is 6.92 Å². The van der Waals surface area contributed by atoms with Gasteiger partial charge >= 0.3 is 0 Å². The third kappa shape index (κ3) is 2.62. The highest BCUT2D eigenvalue weighted by Crippen LogP contribution is 2.46. The van der Waals surface area contributed by atoms with Crippen molar-refractivity contribution in [3.63, 3.8) is 0 Å². The quantitative estimate of drug-likeness (QED) is 0.744. The molecule has 4 heteroatoms. The first-order chi connectivity index (χ1) is 10.1. The zero-order chi connectivity index (χ0) is 16.3. The molecule has 1 aromatic heterocycles. The van der Waals surface area contributed by atoms with Gasteiger partial charge in [-0.25, -0.2) is 0 Å². The number of piperidine rings is 1. The molecule has 2 heterocycles. The standard InChI is InChI=1S/C18H30N2O2/c1-11-6-7-13-14(8-11)16(22)20(15(13)21)12-9-17(2,3)19-18(4,5)10-12/h11-12,19,21-22H,6-10H2,1-5H3. The van der Waals surface area contributed by atoms with Crippen LogP contribution in [0.4, 0.5) is 0 Å². The van der Waals surface area contributed by atoms with Crippen molar-refractivity contribution in [2.45, 2.75) is 83.8 Å². The Kier molecular flexibility index (Phi) is 3.52. The summed E-state index contributed by atoms with van der Waals surface area (Å²) in [6, 6.07) is 0.132. The predicted molar refractivity (Wildman–Crippen MR) is 88.5 cm³/mol. The van der Waals surface area contributed by atoms with Crippen molar-refractivity contribution in [3.05, 3.63) is 11.1 Å². The maximum Gasteiger partial charge on any atom is 0.197 e. The molecule has 1 aromatic rings. The Balaban J connectivity index is 2.02. The van der Waals surface area contributed by atoms with Gasteiger partial charge in [0.25, 0.3) is 0 Å². The van der Waals surface area contributed by atoms with E-state index < -0.39 is 0 Å². The minimum atomic E-state index is -0.0106. The third-order valence-electron chi connectivity index (χ3n) is 5.33. The summed E-state index contributed by atoms with van der Waals surface area (Å²) in [6.07, 6.45) is 4.65. The molecule has 0 saturated carbocycles. The molecule has 0 spiro atoms. The Morgan fingerprint density at radius 3 is 2.14 bits per heavy atom. The van der Waals surface area contributed by atoms with Crippen LogP contribution in [0.1, 0.15) is 71.0 Å². The molecule has 0 amide bonds. The topological polar surface area (TPSA) is 57.4 Å². The fraction of sp³-hybridized carbons (Fsp3) is 0.778. The summed E-state index contributed by atoms with van der Waals surface area (Å²) in [6.45, 7) is 11.0. The second kappa shape index (κ2) is 4.92. The van der Waals surface area contributed by atoms with Crippen molar-refractivity contribution in [1.29, 1.82) is 0 Å². The molecular weight excluding hydrogens is 276 g/mol. The molecule has 0 aromatic carbocycles. The van der Waals surface area contributed by atoms with E-state index in [1.54, 1.807) is 0 Å². The van der Waals surface area contributed by atoms with Crippen molar-refractivity contribution >= 4 is 0 Å². The molecule has 124 valence electrons. The van der Waals surface area contributed by atoms with Crippen molar-refractivity contribution < 1.29 is 10.2 Å². The second-order valence-electron chi connectivity index (χ2n) is 8.78. The lowest BCUT2D eigenvalue weighted by atomic mass is 9.79. The highest BCUT2D eigenvalue weighted by atomic mass is 16.3. The zero-order valence-corrected chi connectivity index (χ0v) is 14.5. The summed E-state index contributed by atoms with van der Waals surface area (Å²) < 4.78 is 1.81. The molecule has 0 radical (unpaired) electrons. The fourth-order valence-corrected chi connectivity index (χ4v) is 4.78. The maximum absolute atomic E-state index is 10.7. The summed E-state index contributed by atoms with van der Waals surface area (Å²) in [5.74, 6) is 1.19. The molecular formula is C18H30N2O2. The largest absolute Gasteiger partial charge is 0.494 e. The SMILES string of the molecule is CC1CCc2c(c(O)n(C3CC(C)(C)NC(C)(C)C3)c2O)C1. The number of aromatic hydroxyl groups is 2. The molecule has 2 aliphatic rings. The van der Waals surface area contributed by atoms with Gasteiger partial charge < -0.3 is 15.5 Å². The first kappa shape index (κ1) is 15.7. The molecule has 1 fully saturated rings. The summed E-state index contributed by atoms with van der Waals surface area (Å²) in [5.41, 5.74) is 1.93. The van der Waals surface area contributed by atoms with Crippen LogP contribution in [0.25, 0.3) is 0 Å². The second-order valence-corrected chi connectivity index (χ2v) is 8.78. The molecule has 1 atom stereocenters. The highest BCUT2D eigenvalue weighted by molar-refractivity contribution is 5.47. The van der Waals surface area contributed by atoms with Gasteiger partial charge in [0.1, 0.15) is 0 Å². The Morgan fingerprint density at radius 1 is 1.00 bits per heavy atom. The van der Waals surface area contributed by atoms with Gasteiger partial charge in [0.05, 0.1) is 0 Å². The Hall–Kier alpha value is -1.16. The van der Waals surface area contributed by atoms with Gasteiger partial charge in [-0.05, 0) is 65.7 Å². The number of nitrogens with one attached hydrogen (secondary N) is 1. The molecule has 3 rings (SSSR count). The number of hydrogen-bond acceptors (Lipinski definition) is 3. The Bertz CT molecular complexity index is 570. The summed E-state index contributed by atoms with van der Waals surface area (Å²) in [5, 5.41) is 25.1. The smallest absolute Gasteiger partial charge is 0.197 e. The van der Waals surface area contributed by atoms with Crippen LogP contribution in [0.5, 0.6) is 11.8 Å². The van der Waals surface area contributed by atoms with E-state index >= 15 is 0 Å². The van der Waals surface area contributed by atoms with Crippen LogP contribution in [0.3, 0.4) is 0 Å². The molecule has 3 N–H and O–H groups in total. The minimum Gasteiger partial charge on any atom is -0.494 e. The molecule has 1 saturated heterocycles. The molecule has 1 aliphatic carbocycles. The van der Waals surface area contributed by atoms with Gasteiger partial charge in [0.15, 0.2) is 11.8 Å². The average molecular weight is 306 g/mol. The Labute approximate surface area is 133 Å². The van der Waals surface area contributed by atoms with E-state index in [0.29, 0.717) is 17.7 Å². The van der Waals surface area contributed by atoms with E-state index in [2.05, 4.69) is 39.9 Å². The molecule has 1 unspecified atom stereocenters. The zero-order valence-electron chi connectivity index (χ0n) is 14.5. The number of nitrogens with zero attached hydrogens (tertiary/aromatic N) is 1. The van der Waals surface area contributed by atoms with Crippen molar-refractivity contribution in [2.24, 2.45) is 5.92 Å². The van der Waals surface area contributed by atoms with E-state index in [1.165, 1.54) is 0 Å². The maximum atomic E-state index is 10.7. The molecule has 4 nitrogen and oxygen atoms in total. The number of rotatable bonds is 1. The van der Waals surface area contributed by atoms with Crippen LogP contribution in [0.2, 0.25) is 0 Å². The summed E-state index contributed by atoms with van der Waals surface area (Å²) >= 11 is 0. The lowest BCUT2D eigenvalue weighted by Crippen LogP contribution is -2.57. The van der Waals surface area contributed by atoms with E-state index in [-0.39, 0.29) is 17.1 Å². The normalized spacial score (nSPS) is 27.6. The van der Waals surface area contributed by atoms with E-state index in [0.717, 1.165) is 43.2 Å². The van der Waals surface area contributed by atoms with Crippen molar-refractivity contribution in [1.82, 2.24) is 9.88 Å². The van der Waals surface area contributed by atoms with E-state index in [1.807, 2.05) is 4.57 Å². The number of aromatic nitrogens is 1. The van der Waals surface area contributed by atoms with E-state index in [4.69, 9.17) is 0 Å². The summed E-state index contributed by atoms with van der Waals surface area (Å²) in [7, 11) is 0. The van der Waals surface area contributed by atoms with Crippen LogP contribution in [0.15, 0.2) is 0 Å².